The number of para-hydroxylation sites is 1. The lowest BCUT2D eigenvalue weighted by Crippen LogP contribution is -2.42. The first kappa shape index (κ1) is 15.8. The van der Waals surface area contributed by atoms with Gasteiger partial charge in [-0.25, -0.2) is 0 Å². The fraction of sp³-hybridized carbons (Fsp3) is 0.400. The Morgan fingerprint density at radius 3 is 2.73 bits per heavy atom. The van der Waals surface area contributed by atoms with Gasteiger partial charge in [0.25, 0.3) is 0 Å². The second-order valence-corrected chi connectivity index (χ2v) is 7.01. The van der Waals surface area contributed by atoms with Crippen molar-refractivity contribution in [2.45, 2.75) is 24.3 Å². The summed E-state index contributed by atoms with van der Waals surface area (Å²) in [7, 11) is 0. The zero-order chi connectivity index (χ0) is 17.6. The lowest BCUT2D eigenvalue weighted by atomic mass is 9.79. The van der Waals surface area contributed by atoms with Crippen LogP contribution in [0.5, 0.6) is 11.5 Å². The van der Waals surface area contributed by atoms with Crippen LogP contribution in [0.4, 0.5) is 0 Å². The van der Waals surface area contributed by atoms with E-state index in [0.717, 1.165) is 54.4 Å². The van der Waals surface area contributed by atoms with Crippen LogP contribution in [0.2, 0.25) is 0 Å². The van der Waals surface area contributed by atoms with Crippen LogP contribution in [-0.4, -0.2) is 37.2 Å². The smallest absolute Gasteiger partial charge is 0.155 e. The fourth-order valence-electron chi connectivity index (χ4n) is 4.20. The molecule has 3 aliphatic rings. The number of benzene rings is 1. The van der Waals surface area contributed by atoms with Crippen molar-refractivity contribution in [3.8, 4) is 11.5 Å². The Hall–Kier alpha value is -2.44. The first-order chi connectivity index (χ1) is 12.8. The van der Waals surface area contributed by atoms with Crippen LogP contribution in [-0.2, 0) is 15.0 Å². The number of fused-ring (bicyclic) bond motifs is 4. The van der Waals surface area contributed by atoms with E-state index in [1.54, 1.807) is 0 Å². The molecule has 134 valence electrons. The summed E-state index contributed by atoms with van der Waals surface area (Å²) in [5, 5.41) is 0. The van der Waals surface area contributed by atoms with E-state index in [-0.39, 0.29) is 0 Å². The van der Waals surface area contributed by atoms with Crippen molar-refractivity contribution >= 4 is 5.84 Å². The number of amidine groups is 1. The topological polar surface area (TPSA) is 79.0 Å². The minimum Gasteiger partial charge on any atom is -0.455 e. The lowest BCUT2D eigenvalue weighted by Gasteiger charge is -2.40. The quantitative estimate of drug-likeness (QED) is 0.855. The van der Waals surface area contributed by atoms with E-state index in [0.29, 0.717) is 25.0 Å². The van der Waals surface area contributed by atoms with E-state index in [9.17, 15) is 0 Å². The summed E-state index contributed by atoms with van der Waals surface area (Å²) in [6.07, 6.45) is 3.75. The number of rotatable bonds is 1. The van der Waals surface area contributed by atoms with Gasteiger partial charge in [0.2, 0.25) is 0 Å². The Morgan fingerprint density at radius 2 is 1.88 bits per heavy atom. The highest BCUT2D eigenvalue weighted by Crippen LogP contribution is 2.52. The van der Waals surface area contributed by atoms with Crippen molar-refractivity contribution < 1.29 is 14.2 Å². The summed E-state index contributed by atoms with van der Waals surface area (Å²) in [5.41, 5.74) is 8.37. The summed E-state index contributed by atoms with van der Waals surface area (Å²) in [6, 6.07) is 9.97. The van der Waals surface area contributed by atoms with Gasteiger partial charge in [0.1, 0.15) is 23.7 Å². The van der Waals surface area contributed by atoms with E-state index in [4.69, 9.17) is 24.9 Å². The number of nitrogens with two attached hydrogens (primary N) is 1. The molecule has 1 aromatic carbocycles. The number of pyridine rings is 1. The van der Waals surface area contributed by atoms with E-state index >= 15 is 0 Å². The van der Waals surface area contributed by atoms with Gasteiger partial charge >= 0.3 is 0 Å². The van der Waals surface area contributed by atoms with Gasteiger partial charge in [0.15, 0.2) is 5.75 Å². The Labute approximate surface area is 152 Å². The number of ether oxygens (including phenoxy) is 3. The van der Waals surface area contributed by atoms with Crippen molar-refractivity contribution in [3.05, 3.63) is 53.3 Å². The Bertz CT molecular complexity index is 876. The summed E-state index contributed by atoms with van der Waals surface area (Å²) < 4.78 is 17.7. The maximum atomic E-state index is 6.36. The average molecular weight is 351 g/mol. The number of nitrogens with zero attached hydrogens (tertiary/aromatic N) is 2. The largest absolute Gasteiger partial charge is 0.455 e. The second kappa shape index (κ2) is 6.07. The molecule has 0 bridgehead atoms. The highest BCUT2D eigenvalue weighted by atomic mass is 16.5. The van der Waals surface area contributed by atoms with Gasteiger partial charge in [-0.1, -0.05) is 18.2 Å². The van der Waals surface area contributed by atoms with Gasteiger partial charge in [-0.05, 0) is 25.0 Å². The highest BCUT2D eigenvalue weighted by molar-refractivity contribution is 5.83. The van der Waals surface area contributed by atoms with Gasteiger partial charge < -0.3 is 19.9 Å². The molecule has 0 amide bonds. The van der Waals surface area contributed by atoms with Crippen LogP contribution < -0.4 is 10.5 Å². The molecule has 6 nitrogen and oxygen atoms in total. The molecule has 2 aromatic rings. The second-order valence-electron chi connectivity index (χ2n) is 7.01. The van der Waals surface area contributed by atoms with Crippen molar-refractivity contribution in [1.82, 2.24) is 4.98 Å². The maximum absolute atomic E-state index is 6.36. The first-order valence-electron chi connectivity index (χ1n) is 9.04. The standard InChI is InChI=1S/C20H21N3O3/c21-17-11-25-12-20(23-17)14-3-1-2-4-16(14)26-19-15(20)5-8-22-18(19)13-6-9-24-10-7-13/h1-5,8,13H,6-7,9-12H2,(H2,21,23). The van der Waals surface area contributed by atoms with E-state index in [1.807, 2.05) is 36.5 Å². The van der Waals surface area contributed by atoms with Gasteiger partial charge in [0, 0.05) is 36.5 Å². The van der Waals surface area contributed by atoms with Gasteiger partial charge in [-0.3, -0.25) is 9.98 Å². The molecular formula is C20H21N3O3. The molecule has 0 radical (unpaired) electrons. The average Bonchev–Trinajstić information content (AvgIpc) is 2.69. The lowest BCUT2D eigenvalue weighted by molar-refractivity contribution is 0.0835. The fourth-order valence-corrected chi connectivity index (χ4v) is 4.20. The van der Waals surface area contributed by atoms with Crippen molar-refractivity contribution in [3.63, 3.8) is 0 Å². The predicted molar refractivity (Wildman–Crippen MR) is 96.8 cm³/mol. The summed E-state index contributed by atoms with van der Waals surface area (Å²) in [6.45, 7) is 2.31. The molecule has 3 aliphatic heterocycles. The molecular weight excluding hydrogens is 330 g/mol. The Kier molecular flexibility index (Phi) is 3.69. The SMILES string of the molecule is NC1=NC2(COC1)c1ccccc1Oc1c2ccnc1C1CCOCC1. The zero-order valence-electron chi connectivity index (χ0n) is 14.5. The minimum absolute atomic E-state index is 0.326. The van der Waals surface area contributed by atoms with Crippen LogP contribution in [0.3, 0.4) is 0 Å². The molecule has 2 N–H and O–H groups in total. The molecule has 26 heavy (non-hydrogen) atoms. The number of aliphatic imine (C=N–C) groups is 1. The van der Waals surface area contributed by atoms with Crippen LogP contribution in [0.15, 0.2) is 41.5 Å². The van der Waals surface area contributed by atoms with Crippen LogP contribution in [0, 0.1) is 0 Å². The van der Waals surface area contributed by atoms with Crippen LogP contribution >= 0.6 is 0 Å². The molecule has 0 saturated carbocycles. The summed E-state index contributed by atoms with van der Waals surface area (Å²) in [4.78, 5) is 9.56. The normalized spacial score (nSPS) is 25.2. The van der Waals surface area contributed by atoms with Crippen molar-refractivity contribution in [1.29, 1.82) is 0 Å². The Balaban J connectivity index is 1.73. The Morgan fingerprint density at radius 1 is 1.04 bits per heavy atom. The zero-order valence-corrected chi connectivity index (χ0v) is 14.5. The molecule has 1 aromatic heterocycles. The number of aromatic nitrogens is 1. The number of hydrogen-bond acceptors (Lipinski definition) is 6. The molecule has 6 heteroatoms. The van der Waals surface area contributed by atoms with E-state index < -0.39 is 5.54 Å². The predicted octanol–water partition coefficient (Wildman–Crippen LogP) is 2.71. The summed E-state index contributed by atoms with van der Waals surface area (Å²) >= 11 is 0. The molecule has 0 aliphatic carbocycles. The molecule has 1 saturated heterocycles. The third-order valence-corrected chi connectivity index (χ3v) is 5.43. The van der Waals surface area contributed by atoms with Gasteiger partial charge in [-0.2, -0.15) is 0 Å². The molecule has 1 fully saturated rings. The van der Waals surface area contributed by atoms with E-state index in [1.165, 1.54) is 0 Å². The maximum Gasteiger partial charge on any atom is 0.155 e. The number of hydrogen-bond donors (Lipinski definition) is 1. The third-order valence-electron chi connectivity index (χ3n) is 5.43. The first-order valence-corrected chi connectivity index (χ1v) is 9.04. The summed E-state index contributed by atoms with van der Waals surface area (Å²) in [5.74, 6) is 2.43. The highest BCUT2D eigenvalue weighted by Gasteiger charge is 2.46. The van der Waals surface area contributed by atoms with Crippen molar-refractivity contribution in [2.24, 2.45) is 10.7 Å². The molecule has 1 atom stereocenters. The van der Waals surface area contributed by atoms with Gasteiger partial charge in [-0.15, -0.1) is 0 Å². The monoisotopic (exact) mass is 351 g/mol. The van der Waals surface area contributed by atoms with E-state index in [2.05, 4.69) is 4.98 Å². The molecule has 1 spiro atoms. The third kappa shape index (κ3) is 2.33. The molecule has 1 unspecified atom stereocenters. The van der Waals surface area contributed by atoms with Crippen LogP contribution in [0.1, 0.15) is 35.6 Å². The van der Waals surface area contributed by atoms with Crippen molar-refractivity contribution in [2.75, 3.05) is 26.4 Å². The molecule has 4 heterocycles. The minimum atomic E-state index is -0.671. The molecule has 5 rings (SSSR count). The van der Waals surface area contributed by atoms with Crippen LogP contribution in [0.25, 0.3) is 0 Å². The van der Waals surface area contributed by atoms with Gasteiger partial charge in [0.05, 0.1) is 12.3 Å².